The first kappa shape index (κ1) is 9.65. The van der Waals surface area contributed by atoms with E-state index in [1.165, 1.54) is 24.8 Å². The zero-order valence-electron chi connectivity index (χ0n) is 8.70. The fraction of sp³-hybridized carbons (Fsp3) is 0.429. The molecule has 0 amide bonds. The van der Waals surface area contributed by atoms with Crippen LogP contribution in [0, 0.1) is 11.8 Å². The van der Waals surface area contributed by atoms with Gasteiger partial charge < -0.3 is 0 Å². The van der Waals surface area contributed by atoms with E-state index in [9.17, 15) is 0 Å². The monoisotopic (exact) mass is 262 g/mol. The highest BCUT2D eigenvalue weighted by molar-refractivity contribution is 9.09. The number of hydrogen-bond donors (Lipinski definition) is 0. The number of halogens is 1. The van der Waals surface area contributed by atoms with Gasteiger partial charge in [-0.2, -0.15) is 0 Å². The molecule has 0 spiro atoms. The van der Waals surface area contributed by atoms with Gasteiger partial charge in [0.25, 0.3) is 0 Å². The van der Waals surface area contributed by atoms with Gasteiger partial charge in [-0.05, 0) is 42.2 Å². The standard InChI is InChI=1S/C14H15Br/c15-14-12-7-3-1-5-10(12)9-11-6-2-4-8-13(11)14/h1,3-5,7-8,11,13-14H,2,6,9H2. The zero-order valence-corrected chi connectivity index (χ0v) is 10.3. The van der Waals surface area contributed by atoms with Crippen molar-refractivity contribution in [3.8, 4) is 0 Å². The van der Waals surface area contributed by atoms with Crippen molar-refractivity contribution in [3.05, 3.63) is 47.5 Å². The van der Waals surface area contributed by atoms with E-state index in [4.69, 9.17) is 0 Å². The normalized spacial score (nSPS) is 33.3. The Balaban J connectivity index is 2.04. The molecule has 0 radical (unpaired) electrons. The van der Waals surface area contributed by atoms with Crippen molar-refractivity contribution in [2.75, 3.05) is 0 Å². The van der Waals surface area contributed by atoms with Crippen LogP contribution in [0.3, 0.4) is 0 Å². The van der Waals surface area contributed by atoms with Crippen LogP contribution < -0.4 is 0 Å². The maximum atomic E-state index is 3.88. The number of allylic oxidation sites excluding steroid dienone is 2. The van der Waals surface area contributed by atoms with Crippen LogP contribution in [0.25, 0.3) is 0 Å². The van der Waals surface area contributed by atoms with E-state index >= 15 is 0 Å². The molecule has 0 saturated carbocycles. The van der Waals surface area contributed by atoms with Crippen molar-refractivity contribution < 1.29 is 0 Å². The van der Waals surface area contributed by atoms with E-state index in [0.717, 1.165) is 5.92 Å². The van der Waals surface area contributed by atoms with Gasteiger partial charge in [0, 0.05) is 4.83 Å². The Morgan fingerprint density at radius 1 is 1.20 bits per heavy atom. The van der Waals surface area contributed by atoms with Crippen LogP contribution in [0.15, 0.2) is 36.4 Å². The Kier molecular flexibility index (Phi) is 2.44. The molecule has 0 saturated heterocycles. The van der Waals surface area contributed by atoms with Gasteiger partial charge in [-0.1, -0.05) is 52.3 Å². The fourth-order valence-corrected chi connectivity index (χ4v) is 4.02. The average molecular weight is 263 g/mol. The van der Waals surface area contributed by atoms with Gasteiger partial charge in [0.05, 0.1) is 0 Å². The molecular weight excluding hydrogens is 248 g/mol. The second kappa shape index (κ2) is 3.79. The Bertz CT molecular complexity index is 394. The van der Waals surface area contributed by atoms with Crippen molar-refractivity contribution >= 4 is 15.9 Å². The highest BCUT2D eigenvalue weighted by atomic mass is 79.9. The average Bonchev–Trinajstić information content (AvgIpc) is 2.30. The second-order valence-corrected chi connectivity index (χ2v) is 5.63. The predicted octanol–water partition coefficient (Wildman–Crippen LogP) is 4.26. The molecular formula is C14H15Br. The van der Waals surface area contributed by atoms with Crippen molar-refractivity contribution in [2.45, 2.75) is 24.1 Å². The van der Waals surface area contributed by atoms with Crippen molar-refractivity contribution in [2.24, 2.45) is 11.8 Å². The predicted molar refractivity (Wildman–Crippen MR) is 67.2 cm³/mol. The Morgan fingerprint density at radius 2 is 2.07 bits per heavy atom. The summed E-state index contributed by atoms with van der Waals surface area (Å²) in [6.07, 6.45) is 8.67. The topological polar surface area (TPSA) is 0 Å². The summed E-state index contributed by atoms with van der Waals surface area (Å²) >= 11 is 3.88. The molecule has 1 aromatic carbocycles. The highest BCUT2D eigenvalue weighted by Gasteiger charge is 2.34. The van der Waals surface area contributed by atoms with Crippen molar-refractivity contribution in [1.29, 1.82) is 0 Å². The maximum absolute atomic E-state index is 3.88. The summed E-state index contributed by atoms with van der Waals surface area (Å²) in [5.41, 5.74) is 3.06. The van der Waals surface area contributed by atoms with E-state index in [2.05, 4.69) is 52.3 Å². The van der Waals surface area contributed by atoms with E-state index < -0.39 is 0 Å². The largest absolute Gasteiger partial charge is 0.0882 e. The van der Waals surface area contributed by atoms with Crippen molar-refractivity contribution in [1.82, 2.24) is 0 Å². The van der Waals surface area contributed by atoms with E-state index in [1.807, 2.05) is 0 Å². The number of benzene rings is 1. The minimum absolute atomic E-state index is 0.531. The van der Waals surface area contributed by atoms with Crippen LogP contribution in [-0.2, 0) is 6.42 Å². The first-order valence-electron chi connectivity index (χ1n) is 5.75. The SMILES string of the molecule is BrC1c2ccccc2CC2CCC=CC21. The van der Waals surface area contributed by atoms with Gasteiger partial charge in [-0.3, -0.25) is 0 Å². The van der Waals surface area contributed by atoms with Crippen LogP contribution in [0.1, 0.15) is 28.8 Å². The molecule has 2 aliphatic rings. The quantitative estimate of drug-likeness (QED) is 0.484. The number of fused-ring (bicyclic) bond motifs is 2. The zero-order chi connectivity index (χ0) is 10.3. The molecule has 1 heteroatoms. The van der Waals surface area contributed by atoms with Gasteiger partial charge in [0.2, 0.25) is 0 Å². The summed E-state index contributed by atoms with van der Waals surface area (Å²) in [7, 11) is 0. The van der Waals surface area contributed by atoms with Gasteiger partial charge in [0.1, 0.15) is 0 Å². The van der Waals surface area contributed by atoms with E-state index in [-0.39, 0.29) is 0 Å². The summed E-state index contributed by atoms with van der Waals surface area (Å²) in [4.78, 5) is 0.531. The number of alkyl halides is 1. The third-order valence-corrected chi connectivity index (χ3v) is 4.88. The minimum atomic E-state index is 0.531. The molecule has 0 aliphatic heterocycles. The Hall–Kier alpha value is -0.560. The summed E-state index contributed by atoms with van der Waals surface area (Å²) in [6.45, 7) is 0. The lowest BCUT2D eigenvalue weighted by molar-refractivity contribution is 0.331. The van der Waals surface area contributed by atoms with Gasteiger partial charge >= 0.3 is 0 Å². The molecule has 0 heterocycles. The van der Waals surface area contributed by atoms with Crippen LogP contribution in [0.4, 0.5) is 0 Å². The molecule has 78 valence electrons. The molecule has 0 nitrogen and oxygen atoms in total. The molecule has 2 aliphatic carbocycles. The Labute approximate surface area is 99.5 Å². The summed E-state index contributed by atoms with van der Waals surface area (Å²) < 4.78 is 0. The molecule has 15 heavy (non-hydrogen) atoms. The Morgan fingerprint density at radius 3 is 3.00 bits per heavy atom. The lowest BCUT2D eigenvalue weighted by Gasteiger charge is -2.37. The summed E-state index contributed by atoms with van der Waals surface area (Å²) in [6, 6.07) is 8.88. The number of hydrogen-bond acceptors (Lipinski definition) is 0. The number of rotatable bonds is 0. The summed E-state index contributed by atoms with van der Waals surface area (Å²) in [5, 5.41) is 0. The van der Waals surface area contributed by atoms with Crippen LogP contribution >= 0.6 is 15.9 Å². The smallest absolute Gasteiger partial charge is 0.0463 e. The minimum Gasteiger partial charge on any atom is -0.0882 e. The molecule has 0 N–H and O–H groups in total. The molecule has 0 fully saturated rings. The van der Waals surface area contributed by atoms with Crippen LogP contribution in [0.2, 0.25) is 0 Å². The van der Waals surface area contributed by atoms with Gasteiger partial charge in [-0.25, -0.2) is 0 Å². The van der Waals surface area contributed by atoms with Crippen molar-refractivity contribution in [3.63, 3.8) is 0 Å². The molecule has 3 atom stereocenters. The van der Waals surface area contributed by atoms with Crippen LogP contribution in [-0.4, -0.2) is 0 Å². The molecule has 3 rings (SSSR count). The van der Waals surface area contributed by atoms with Gasteiger partial charge in [0.15, 0.2) is 0 Å². The third-order valence-electron chi connectivity index (χ3n) is 3.78. The lowest BCUT2D eigenvalue weighted by atomic mass is 9.72. The van der Waals surface area contributed by atoms with E-state index in [1.54, 1.807) is 5.56 Å². The summed E-state index contributed by atoms with van der Waals surface area (Å²) in [5.74, 6) is 1.57. The van der Waals surface area contributed by atoms with Gasteiger partial charge in [-0.15, -0.1) is 0 Å². The third kappa shape index (κ3) is 1.57. The van der Waals surface area contributed by atoms with E-state index in [0.29, 0.717) is 10.7 Å². The second-order valence-electron chi connectivity index (χ2n) is 4.65. The highest BCUT2D eigenvalue weighted by Crippen LogP contribution is 2.47. The molecule has 1 aromatic rings. The molecule has 0 bridgehead atoms. The molecule has 0 aromatic heterocycles. The fourth-order valence-electron chi connectivity index (χ4n) is 2.97. The maximum Gasteiger partial charge on any atom is 0.0463 e. The first-order chi connectivity index (χ1) is 7.36. The molecule has 3 unspecified atom stereocenters. The first-order valence-corrected chi connectivity index (χ1v) is 6.66. The van der Waals surface area contributed by atoms with Crippen LogP contribution in [0.5, 0.6) is 0 Å². The lowest BCUT2D eigenvalue weighted by Crippen LogP contribution is -2.27.